The van der Waals surface area contributed by atoms with Crippen LogP contribution in [0.15, 0.2) is 66.7 Å². The van der Waals surface area contributed by atoms with Gasteiger partial charge in [-0.3, -0.25) is 0 Å². The van der Waals surface area contributed by atoms with Crippen molar-refractivity contribution in [2.75, 3.05) is 5.32 Å². The molecule has 2 N–H and O–H groups in total. The van der Waals surface area contributed by atoms with Crippen LogP contribution in [0.3, 0.4) is 0 Å². The zero-order chi connectivity index (χ0) is 19.3. The van der Waals surface area contributed by atoms with Crippen LogP contribution in [-0.4, -0.2) is 20.6 Å². The fourth-order valence-corrected chi connectivity index (χ4v) is 3.29. The molecule has 140 valence electrons. The number of hydrogen-bond donors (Lipinski definition) is 2. The topological polar surface area (TPSA) is 66.5 Å². The average Bonchev–Trinajstić information content (AvgIpc) is 3.25. The van der Waals surface area contributed by atoms with E-state index in [0.29, 0.717) is 15.9 Å². The fourth-order valence-electron chi connectivity index (χ4n) is 2.97. The molecular formula is C21H17Cl2N5. The van der Waals surface area contributed by atoms with E-state index in [-0.39, 0.29) is 0 Å². The van der Waals surface area contributed by atoms with Crippen molar-refractivity contribution in [3.63, 3.8) is 0 Å². The van der Waals surface area contributed by atoms with Crippen molar-refractivity contribution in [2.45, 2.75) is 12.8 Å². The van der Waals surface area contributed by atoms with E-state index >= 15 is 0 Å². The maximum absolute atomic E-state index is 6.09. The molecule has 0 aliphatic rings. The number of H-pyrrole nitrogens is 1. The Labute approximate surface area is 172 Å². The van der Waals surface area contributed by atoms with Crippen molar-refractivity contribution in [1.82, 2.24) is 20.6 Å². The molecule has 7 heteroatoms. The van der Waals surface area contributed by atoms with Crippen LogP contribution in [0, 0.1) is 0 Å². The summed E-state index contributed by atoms with van der Waals surface area (Å²) in [5, 5.41) is 18.7. The second-order valence-corrected chi connectivity index (χ2v) is 7.18. The van der Waals surface area contributed by atoms with Gasteiger partial charge in [0, 0.05) is 16.9 Å². The molecule has 0 saturated heterocycles. The fraction of sp³-hybridized carbons (Fsp3) is 0.0952. The molecule has 4 rings (SSSR count). The lowest BCUT2D eigenvalue weighted by Crippen LogP contribution is -1.96. The molecule has 5 nitrogen and oxygen atoms in total. The Balaban J connectivity index is 1.43. The second kappa shape index (κ2) is 8.42. The van der Waals surface area contributed by atoms with Gasteiger partial charge in [-0.25, -0.2) is 5.10 Å². The second-order valence-electron chi connectivity index (χ2n) is 6.37. The first-order chi connectivity index (χ1) is 13.7. The van der Waals surface area contributed by atoms with Gasteiger partial charge in [0.15, 0.2) is 5.82 Å². The summed E-state index contributed by atoms with van der Waals surface area (Å²) in [4.78, 5) is 0. The highest BCUT2D eigenvalue weighted by Gasteiger charge is 2.08. The summed E-state index contributed by atoms with van der Waals surface area (Å²) < 4.78 is 0. The Morgan fingerprint density at radius 3 is 2.32 bits per heavy atom. The molecule has 1 aromatic heterocycles. The predicted octanol–water partition coefficient (Wildman–Crippen LogP) is 5.70. The highest BCUT2D eigenvalue weighted by atomic mass is 35.5. The summed E-state index contributed by atoms with van der Waals surface area (Å²) >= 11 is 12.1. The van der Waals surface area contributed by atoms with Gasteiger partial charge >= 0.3 is 0 Å². The van der Waals surface area contributed by atoms with Crippen LogP contribution in [0.1, 0.15) is 11.1 Å². The number of aromatic nitrogens is 4. The van der Waals surface area contributed by atoms with E-state index in [1.807, 2.05) is 42.5 Å². The molecule has 0 radical (unpaired) electrons. The van der Waals surface area contributed by atoms with Crippen LogP contribution in [0.2, 0.25) is 10.0 Å². The van der Waals surface area contributed by atoms with Crippen LogP contribution in [-0.2, 0) is 12.8 Å². The lowest BCUT2D eigenvalue weighted by atomic mass is 10.0. The number of anilines is 2. The molecule has 0 aliphatic heterocycles. The molecule has 3 aromatic carbocycles. The van der Waals surface area contributed by atoms with E-state index in [1.165, 1.54) is 11.1 Å². The molecule has 0 unspecified atom stereocenters. The number of benzene rings is 3. The number of aromatic amines is 1. The normalized spacial score (nSPS) is 10.8. The number of tetrazole rings is 1. The smallest absolute Gasteiger partial charge is 0.181 e. The van der Waals surface area contributed by atoms with E-state index in [4.69, 9.17) is 23.2 Å². The van der Waals surface area contributed by atoms with Gasteiger partial charge in [-0.05, 0) is 70.8 Å². The number of aryl methyl sites for hydroxylation is 2. The van der Waals surface area contributed by atoms with Crippen molar-refractivity contribution in [3.8, 4) is 11.4 Å². The Morgan fingerprint density at radius 1 is 0.821 bits per heavy atom. The minimum atomic E-state index is 0.585. The molecule has 0 atom stereocenters. The highest BCUT2D eigenvalue weighted by Crippen LogP contribution is 2.28. The summed E-state index contributed by atoms with van der Waals surface area (Å²) in [6.45, 7) is 0. The first-order valence-corrected chi connectivity index (χ1v) is 9.57. The largest absolute Gasteiger partial charge is 0.355 e. The monoisotopic (exact) mass is 409 g/mol. The van der Waals surface area contributed by atoms with Crippen LogP contribution in [0.25, 0.3) is 11.4 Å². The van der Waals surface area contributed by atoms with Gasteiger partial charge in [0.1, 0.15) is 0 Å². The quantitative estimate of drug-likeness (QED) is 0.428. The molecule has 0 bridgehead atoms. The van der Waals surface area contributed by atoms with E-state index in [9.17, 15) is 0 Å². The molecule has 0 fully saturated rings. The Bertz CT molecular complexity index is 1060. The van der Waals surface area contributed by atoms with Gasteiger partial charge in [-0.15, -0.1) is 5.10 Å². The zero-order valence-electron chi connectivity index (χ0n) is 14.9. The predicted molar refractivity (Wildman–Crippen MR) is 113 cm³/mol. The number of hydrogen-bond acceptors (Lipinski definition) is 4. The Kier molecular flexibility index (Phi) is 5.55. The molecule has 0 saturated carbocycles. The molecule has 1 heterocycles. The summed E-state index contributed by atoms with van der Waals surface area (Å²) in [5.41, 5.74) is 5.27. The first-order valence-electron chi connectivity index (χ1n) is 8.82. The number of nitrogens with zero attached hydrogens (tertiary/aromatic N) is 3. The Hall–Kier alpha value is -2.89. The first kappa shape index (κ1) is 18.5. The summed E-state index contributed by atoms with van der Waals surface area (Å²) in [6, 6.07) is 22.1. The van der Waals surface area contributed by atoms with Gasteiger partial charge in [-0.1, -0.05) is 53.5 Å². The van der Waals surface area contributed by atoms with E-state index in [2.05, 4.69) is 50.2 Å². The van der Waals surface area contributed by atoms with E-state index < -0.39 is 0 Å². The van der Waals surface area contributed by atoms with Crippen molar-refractivity contribution in [2.24, 2.45) is 0 Å². The average molecular weight is 410 g/mol. The number of rotatable bonds is 6. The highest BCUT2D eigenvalue weighted by molar-refractivity contribution is 6.42. The van der Waals surface area contributed by atoms with Crippen LogP contribution >= 0.6 is 23.2 Å². The zero-order valence-corrected chi connectivity index (χ0v) is 16.4. The summed E-state index contributed by atoms with van der Waals surface area (Å²) in [7, 11) is 0. The molecule has 28 heavy (non-hydrogen) atoms. The number of halogens is 2. The third-order valence-corrected chi connectivity index (χ3v) is 5.19. The third kappa shape index (κ3) is 4.32. The van der Waals surface area contributed by atoms with E-state index in [0.717, 1.165) is 29.8 Å². The van der Waals surface area contributed by atoms with E-state index in [1.54, 1.807) is 0 Å². The molecule has 0 spiro atoms. The maximum atomic E-state index is 6.09. The minimum Gasteiger partial charge on any atom is -0.355 e. The molecular weight excluding hydrogens is 393 g/mol. The SMILES string of the molecule is Clc1ccc(CCc2ccc(Nc3ccccc3-c3nnn[nH]3)cc2)cc1Cl. The van der Waals surface area contributed by atoms with Crippen LogP contribution in [0.5, 0.6) is 0 Å². The van der Waals surface area contributed by atoms with Gasteiger partial charge in [-0.2, -0.15) is 0 Å². The lowest BCUT2D eigenvalue weighted by molar-refractivity contribution is 0.881. The van der Waals surface area contributed by atoms with Gasteiger partial charge in [0.25, 0.3) is 0 Å². The van der Waals surface area contributed by atoms with Crippen molar-refractivity contribution < 1.29 is 0 Å². The number of para-hydroxylation sites is 1. The Morgan fingerprint density at radius 2 is 1.57 bits per heavy atom. The summed E-state index contributed by atoms with van der Waals surface area (Å²) in [6.07, 6.45) is 1.84. The van der Waals surface area contributed by atoms with Crippen molar-refractivity contribution in [3.05, 3.63) is 87.9 Å². The minimum absolute atomic E-state index is 0.585. The maximum Gasteiger partial charge on any atom is 0.181 e. The molecule has 4 aromatic rings. The summed E-state index contributed by atoms with van der Waals surface area (Å²) in [5.74, 6) is 0.626. The van der Waals surface area contributed by atoms with Gasteiger partial charge in [0.05, 0.1) is 10.0 Å². The lowest BCUT2D eigenvalue weighted by Gasteiger charge is -2.11. The third-order valence-electron chi connectivity index (χ3n) is 4.45. The standard InChI is InChI=1S/C21H17Cl2N5/c22-18-12-9-15(13-19(18)23)6-5-14-7-10-16(11-8-14)24-20-4-2-1-3-17(20)21-25-27-28-26-21/h1-4,7-13,24H,5-6H2,(H,25,26,27,28). The van der Waals surface area contributed by atoms with Crippen LogP contribution in [0.4, 0.5) is 11.4 Å². The number of nitrogens with one attached hydrogen (secondary N) is 2. The van der Waals surface area contributed by atoms with Crippen molar-refractivity contribution in [1.29, 1.82) is 0 Å². The van der Waals surface area contributed by atoms with Crippen LogP contribution < -0.4 is 5.32 Å². The molecule has 0 aliphatic carbocycles. The van der Waals surface area contributed by atoms with Crippen molar-refractivity contribution >= 4 is 34.6 Å². The van der Waals surface area contributed by atoms with Gasteiger partial charge < -0.3 is 5.32 Å². The molecule has 0 amide bonds. The van der Waals surface area contributed by atoms with Gasteiger partial charge in [0.2, 0.25) is 0 Å².